The van der Waals surface area contributed by atoms with Gasteiger partial charge in [-0.25, -0.2) is 0 Å². The molecule has 0 bridgehead atoms. The van der Waals surface area contributed by atoms with Crippen molar-refractivity contribution in [3.63, 3.8) is 0 Å². The van der Waals surface area contributed by atoms with E-state index in [1.54, 1.807) is 44.2 Å². The van der Waals surface area contributed by atoms with Gasteiger partial charge in [0.25, 0.3) is 0 Å². The standard InChI is InChI=1S/C48H79N15O15/c1-5-25(2)38(45(75)61-33(22-28-12-7-6-8-13-28)42(72)56-23-35(66)57-26(3)47(77)78)62-36(67)24-55-41(71)30(15-11-21-54-48(52)53)60-46(76)39(27(4)64)63-44(74)32(17-18-34(51)65)59-43(73)31(14-9-10-20-49)58-40(70)29(50)16-19-37(68)69/h6-8,12-13,25-27,29-33,38-39,64H,5,9-11,14-24,49-50H2,1-4H3,(H2,51,65)(H,55,71)(H,56,72)(H,57,66)(H,58,70)(H,59,73)(H,60,76)(H,61,75)(H,62,67)(H,63,74)(H,68,69)(H,77,78)(H4,52,53,54)/t25-,26-,27+,29-,30-,31-,32-,33-,38-,39-/m0/s1. The van der Waals surface area contributed by atoms with Crippen LogP contribution in [0.5, 0.6) is 0 Å². The van der Waals surface area contributed by atoms with Crippen LogP contribution < -0.4 is 76.5 Å². The Morgan fingerprint density at radius 3 is 1.64 bits per heavy atom. The van der Waals surface area contributed by atoms with Gasteiger partial charge in [-0.1, -0.05) is 50.6 Å². The first-order chi connectivity index (χ1) is 36.7. The number of carbonyl (C=O) groups excluding carboxylic acids is 10. The van der Waals surface area contributed by atoms with Crippen molar-refractivity contribution in [2.45, 2.75) is 153 Å². The largest absolute Gasteiger partial charge is 0.481 e. The smallest absolute Gasteiger partial charge is 0.325 e. The molecular formula is C48H79N15O15. The van der Waals surface area contributed by atoms with E-state index < -0.39 is 164 Å². The number of aliphatic imine (C=N–C) groups is 1. The third-order valence-electron chi connectivity index (χ3n) is 11.9. The van der Waals surface area contributed by atoms with E-state index in [0.29, 0.717) is 24.8 Å². The summed E-state index contributed by atoms with van der Waals surface area (Å²) >= 11 is 0. The van der Waals surface area contributed by atoms with Crippen LogP contribution in [0, 0.1) is 5.92 Å². The van der Waals surface area contributed by atoms with Gasteiger partial charge in [0.15, 0.2) is 5.96 Å². The van der Waals surface area contributed by atoms with Crippen LogP contribution in [-0.2, 0) is 64.0 Å². The number of amides is 10. The first-order valence-electron chi connectivity index (χ1n) is 25.3. The lowest BCUT2D eigenvalue weighted by molar-refractivity contribution is -0.141. The molecule has 0 saturated heterocycles. The lowest BCUT2D eigenvalue weighted by atomic mass is 9.97. The molecule has 0 radical (unpaired) electrons. The second kappa shape index (κ2) is 36.1. The van der Waals surface area contributed by atoms with Crippen molar-refractivity contribution in [3.8, 4) is 0 Å². The lowest BCUT2D eigenvalue weighted by Crippen LogP contribution is -2.61. The number of carboxylic acid groups (broad SMARTS) is 2. The number of nitrogens with one attached hydrogen (secondary N) is 9. The zero-order chi connectivity index (χ0) is 59.1. The number of nitrogens with two attached hydrogens (primary N) is 5. The molecule has 10 amide bonds. The molecule has 436 valence electrons. The van der Waals surface area contributed by atoms with E-state index in [4.69, 9.17) is 38.9 Å². The van der Waals surface area contributed by atoms with Crippen LogP contribution >= 0.6 is 0 Å². The monoisotopic (exact) mass is 1110 g/mol. The Morgan fingerprint density at radius 2 is 1.09 bits per heavy atom. The van der Waals surface area contributed by atoms with Gasteiger partial charge in [-0.3, -0.25) is 62.5 Å². The third-order valence-corrected chi connectivity index (χ3v) is 11.9. The normalized spacial score (nSPS) is 14.7. The summed E-state index contributed by atoms with van der Waals surface area (Å²) in [5, 5.41) is 50.6. The fraction of sp³-hybridized carbons (Fsp3) is 0.604. The number of carbonyl (C=O) groups is 12. The average Bonchev–Trinajstić information content (AvgIpc) is 3.38. The summed E-state index contributed by atoms with van der Waals surface area (Å²) in [5.41, 5.74) is 28.3. The third kappa shape index (κ3) is 27.2. The minimum absolute atomic E-state index is 0.00918. The van der Waals surface area contributed by atoms with E-state index in [1.165, 1.54) is 6.92 Å². The van der Waals surface area contributed by atoms with Gasteiger partial charge < -0.3 is 91.8 Å². The molecule has 30 nitrogen and oxygen atoms in total. The minimum atomic E-state index is -1.84. The summed E-state index contributed by atoms with van der Waals surface area (Å²) in [4.78, 5) is 159. The highest BCUT2D eigenvalue weighted by atomic mass is 16.4. The van der Waals surface area contributed by atoms with Gasteiger partial charge in [-0.05, 0) is 76.8 Å². The van der Waals surface area contributed by atoms with Crippen molar-refractivity contribution >= 4 is 77.0 Å². The number of aliphatic carboxylic acids is 2. The Morgan fingerprint density at radius 1 is 0.577 bits per heavy atom. The van der Waals surface area contributed by atoms with Crippen LogP contribution in [0.2, 0.25) is 0 Å². The number of benzene rings is 1. The molecule has 10 atom stereocenters. The maximum atomic E-state index is 13.9. The van der Waals surface area contributed by atoms with Crippen LogP contribution in [0.15, 0.2) is 35.3 Å². The molecule has 1 rings (SSSR count). The van der Waals surface area contributed by atoms with Crippen LogP contribution in [0.4, 0.5) is 0 Å². The highest BCUT2D eigenvalue weighted by Gasteiger charge is 2.35. The quantitative estimate of drug-likeness (QED) is 0.0167. The number of carboxylic acids is 2. The van der Waals surface area contributed by atoms with Crippen molar-refractivity contribution in [1.82, 2.24) is 47.9 Å². The van der Waals surface area contributed by atoms with Crippen molar-refractivity contribution < 1.29 is 72.9 Å². The number of hydrogen-bond acceptors (Lipinski definition) is 16. The molecule has 0 aliphatic carbocycles. The van der Waals surface area contributed by atoms with Crippen LogP contribution in [-0.4, -0.2) is 173 Å². The number of nitrogens with zero attached hydrogens (tertiary/aromatic N) is 1. The Balaban J connectivity index is 3.35. The molecule has 30 heteroatoms. The summed E-state index contributed by atoms with van der Waals surface area (Å²) in [7, 11) is 0. The maximum absolute atomic E-state index is 13.9. The number of hydrogen-bond donors (Lipinski definition) is 17. The summed E-state index contributed by atoms with van der Waals surface area (Å²) < 4.78 is 0. The molecule has 0 unspecified atom stereocenters. The fourth-order valence-corrected chi connectivity index (χ4v) is 7.15. The molecule has 1 aromatic rings. The van der Waals surface area contributed by atoms with E-state index >= 15 is 0 Å². The van der Waals surface area contributed by atoms with Gasteiger partial charge >= 0.3 is 11.9 Å². The number of primary amides is 1. The molecule has 0 aliphatic rings. The molecule has 0 spiro atoms. The van der Waals surface area contributed by atoms with E-state index in [1.807, 2.05) is 0 Å². The second-order valence-electron chi connectivity index (χ2n) is 18.4. The zero-order valence-electron chi connectivity index (χ0n) is 44.3. The van der Waals surface area contributed by atoms with Crippen LogP contribution in [0.1, 0.15) is 97.5 Å². The molecule has 78 heavy (non-hydrogen) atoms. The van der Waals surface area contributed by atoms with Crippen molar-refractivity contribution in [3.05, 3.63) is 35.9 Å². The van der Waals surface area contributed by atoms with Gasteiger partial charge in [-0.15, -0.1) is 0 Å². The van der Waals surface area contributed by atoms with Crippen LogP contribution in [0.25, 0.3) is 0 Å². The topological polar surface area (TPSA) is 516 Å². The van der Waals surface area contributed by atoms with Gasteiger partial charge in [0.05, 0.1) is 25.2 Å². The number of aliphatic hydroxyl groups is 1. The number of rotatable bonds is 38. The Bertz CT molecular complexity index is 2230. The first-order valence-corrected chi connectivity index (χ1v) is 25.3. The summed E-state index contributed by atoms with van der Waals surface area (Å²) in [6, 6.07) is -2.92. The molecule has 0 heterocycles. The predicted octanol–water partition coefficient (Wildman–Crippen LogP) is -5.97. The van der Waals surface area contributed by atoms with E-state index in [0.717, 1.165) is 6.92 Å². The highest BCUT2D eigenvalue weighted by Crippen LogP contribution is 2.12. The summed E-state index contributed by atoms with van der Waals surface area (Å²) in [6.45, 7) is 4.54. The Kier molecular flexibility index (Phi) is 31.5. The van der Waals surface area contributed by atoms with Crippen LogP contribution in [0.3, 0.4) is 0 Å². The molecule has 0 saturated carbocycles. The van der Waals surface area contributed by atoms with E-state index in [2.05, 4.69) is 52.8 Å². The van der Waals surface area contributed by atoms with Crippen molar-refractivity contribution in [1.29, 1.82) is 0 Å². The van der Waals surface area contributed by atoms with Gasteiger partial charge in [0.1, 0.15) is 42.3 Å². The number of guanidine groups is 1. The van der Waals surface area contributed by atoms with Gasteiger partial charge in [-0.2, -0.15) is 0 Å². The van der Waals surface area contributed by atoms with Gasteiger partial charge in [0, 0.05) is 25.8 Å². The molecule has 0 fully saturated rings. The summed E-state index contributed by atoms with van der Waals surface area (Å²) in [5.74, 6) is -12.5. The van der Waals surface area contributed by atoms with Crippen molar-refractivity contribution in [2.75, 3.05) is 26.2 Å². The maximum Gasteiger partial charge on any atom is 0.325 e. The lowest BCUT2D eigenvalue weighted by Gasteiger charge is -2.28. The predicted molar refractivity (Wildman–Crippen MR) is 280 cm³/mol. The molecule has 0 aliphatic heterocycles. The van der Waals surface area contributed by atoms with E-state index in [9.17, 15) is 62.6 Å². The molecule has 22 N–H and O–H groups in total. The minimum Gasteiger partial charge on any atom is -0.481 e. The Hall–Kier alpha value is -7.99. The average molecular weight is 1110 g/mol. The Labute approximate surface area is 451 Å². The SMILES string of the molecule is CC[C@H](C)[C@H](NC(=O)CNC(=O)[C@H](CCCN=C(N)N)NC(=O)[C@@H](NC(=O)[C@H](CCC(N)=O)NC(=O)[C@H](CCCCN)NC(=O)[C@@H](N)CCC(=O)O)[C@@H](C)O)C(=O)N[C@@H](Cc1ccccc1)C(=O)NCC(=O)N[C@@H](C)C(=O)O. The zero-order valence-corrected chi connectivity index (χ0v) is 44.3. The molecular weight excluding hydrogens is 1030 g/mol. The number of unbranched alkanes of at least 4 members (excludes halogenated alkanes) is 1. The van der Waals surface area contributed by atoms with Crippen molar-refractivity contribution in [2.24, 2.45) is 39.6 Å². The fourth-order valence-electron chi connectivity index (χ4n) is 7.15. The van der Waals surface area contributed by atoms with Gasteiger partial charge in [0.2, 0.25) is 59.1 Å². The first kappa shape index (κ1) is 68.0. The highest BCUT2D eigenvalue weighted by molar-refractivity contribution is 5.98. The number of aliphatic hydroxyl groups excluding tert-OH is 1. The molecule has 1 aromatic carbocycles. The summed E-state index contributed by atoms with van der Waals surface area (Å²) in [6.07, 6.45) is -2.39. The van der Waals surface area contributed by atoms with E-state index in [-0.39, 0.29) is 51.2 Å². The second-order valence-corrected chi connectivity index (χ2v) is 18.4. The molecule has 0 aromatic heterocycles.